The number of amides is 3. The highest BCUT2D eigenvalue weighted by Gasteiger charge is 2.18. The van der Waals surface area contributed by atoms with Crippen LogP contribution in [0.25, 0.3) is 0 Å². The Morgan fingerprint density at radius 2 is 2.15 bits per heavy atom. The quantitative estimate of drug-likeness (QED) is 0.525. The summed E-state index contributed by atoms with van der Waals surface area (Å²) in [5.74, 6) is -1.34. The van der Waals surface area contributed by atoms with Crippen molar-refractivity contribution in [1.29, 1.82) is 0 Å². The zero-order chi connectivity index (χ0) is 15.1. The van der Waals surface area contributed by atoms with E-state index in [0.717, 1.165) is 4.90 Å². The third-order valence-electron chi connectivity index (χ3n) is 2.39. The maximum absolute atomic E-state index is 11.7. The van der Waals surface area contributed by atoms with Crippen LogP contribution in [0.4, 0.5) is 4.79 Å². The molecule has 0 bridgehead atoms. The van der Waals surface area contributed by atoms with E-state index in [1.54, 1.807) is 11.6 Å². The summed E-state index contributed by atoms with van der Waals surface area (Å²) in [6, 6.07) is -0.673. The van der Waals surface area contributed by atoms with E-state index < -0.39 is 31.0 Å². The topological polar surface area (TPSA) is 143 Å². The van der Waals surface area contributed by atoms with Gasteiger partial charge < -0.3 is 25.6 Å². The number of aryl methyl sites for hydroxylation is 1. The molecule has 1 heterocycles. The first kappa shape index (κ1) is 15.4. The Bertz CT molecular complexity index is 484. The molecule has 10 nitrogen and oxygen atoms in total. The lowest BCUT2D eigenvalue weighted by Gasteiger charge is -2.19. The molecule has 0 saturated heterocycles. The van der Waals surface area contributed by atoms with Crippen molar-refractivity contribution in [2.75, 3.05) is 19.6 Å². The van der Waals surface area contributed by atoms with Gasteiger partial charge in [0.15, 0.2) is 0 Å². The van der Waals surface area contributed by atoms with Gasteiger partial charge in [-0.3, -0.25) is 9.59 Å². The molecule has 0 aliphatic carbocycles. The minimum Gasteiger partial charge on any atom is -0.480 e. The predicted molar refractivity (Wildman–Crippen MR) is 66.5 cm³/mol. The minimum absolute atomic E-state index is 0.236. The highest BCUT2D eigenvalue weighted by Crippen LogP contribution is 1.93. The number of nitrogens with one attached hydrogen (secondary N) is 1. The Kier molecular flexibility index (Phi) is 5.44. The van der Waals surface area contributed by atoms with Crippen molar-refractivity contribution in [3.05, 3.63) is 12.2 Å². The zero-order valence-electron chi connectivity index (χ0n) is 10.9. The highest BCUT2D eigenvalue weighted by atomic mass is 16.4. The van der Waals surface area contributed by atoms with Crippen molar-refractivity contribution < 1.29 is 19.5 Å². The van der Waals surface area contributed by atoms with Crippen LogP contribution in [0.3, 0.4) is 0 Å². The monoisotopic (exact) mass is 284 g/mol. The van der Waals surface area contributed by atoms with E-state index in [-0.39, 0.29) is 6.54 Å². The Labute approximate surface area is 114 Å². The number of carbonyl (C=O) groups is 3. The molecule has 110 valence electrons. The average molecular weight is 284 g/mol. The summed E-state index contributed by atoms with van der Waals surface area (Å²) in [7, 11) is 1.76. The van der Waals surface area contributed by atoms with Crippen LogP contribution in [0, 0.1) is 0 Å². The van der Waals surface area contributed by atoms with Gasteiger partial charge in [-0.15, -0.1) is 10.2 Å². The van der Waals surface area contributed by atoms with Gasteiger partial charge in [-0.05, 0) is 0 Å². The molecule has 1 aromatic rings. The number of hydrogen-bond acceptors (Lipinski definition) is 5. The second kappa shape index (κ2) is 7.07. The summed E-state index contributed by atoms with van der Waals surface area (Å²) in [4.78, 5) is 33.9. The average Bonchev–Trinajstić information content (AvgIpc) is 2.73. The number of carboxylic acid groups (broad SMARTS) is 1. The lowest BCUT2D eigenvalue weighted by Crippen LogP contribution is -2.47. The van der Waals surface area contributed by atoms with Gasteiger partial charge in [0.2, 0.25) is 5.91 Å². The Hall–Kier alpha value is -2.65. The van der Waals surface area contributed by atoms with Crippen molar-refractivity contribution in [1.82, 2.24) is 25.0 Å². The van der Waals surface area contributed by atoms with Gasteiger partial charge in [0.05, 0.1) is 0 Å². The van der Waals surface area contributed by atoms with E-state index in [1.165, 1.54) is 6.33 Å². The molecule has 0 aromatic carbocycles. The second-order valence-electron chi connectivity index (χ2n) is 4.06. The van der Waals surface area contributed by atoms with Crippen LogP contribution >= 0.6 is 0 Å². The fourth-order valence-corrected chi connectivity index (χ4v) is 1.48. The lowest BCUT2D eigenvalue weighted by atomic mass is 10.4. The molecular formula is C10H16N6O4. The van der Waals surface area contributed by atoms with E-state index in [0.29, 0.717) is 12.2 Å². The third-order valence-corrected chi connectivity index (χ3v) is 2.39. The van der Waals surface area contributed by atoms with E-state index in [2.05, 4.69) is 15.5 Å². The first-order chi connectivity index (χ1) is 9.40. The van der Waals surface area contributed by atoms with Crippen molar-refractivity contribution in [3.8, 4) is 0 Å². The molecule has 3 amide bonds. The highest BCUT2D eigenvalue weighted by molar-refractivity contribution is 5.85. The summed E-state index contributed by atoms with van der Waals surface area (Å²) < 4.78 is 1.70. The van der Waals surface area contributed by atoms with Gasteiger partial charge in [-0.2, -0.15) is 0 Å². The molecule has 0 saturated carbocycles. The number of hydrogen-bond donors (Lipinski definition) is 3. The standard InChI is InChI=1S/C10H16N6O4/c1-15-6-13-14-8(15)2-3-12-10(20)16(4-7(11)17)5-9(18)19/h6H,2-5H2,1H3,(H2,11,17)(H,12,20)(H,18,19). The Balaban J connectivity index is 2.47. The molecule has 0 aliphatic rings. The van der Waals surface area contributed by atoms with Gasteiger partial charge in [0.25, 0.3) is 0 Å². The zero-order valence-corrected chi connectivity index (χ0v) is 10.9. The summed E-state index contributed by atoms with van der Waals surface area (Å²) in [6.07, 6.45) is 1.96. The van der Waals surface area contributed by atoms with Crippen LogP contribution in [-0.2, 0) is 23.1 Å². The smallest absolute Gasteiger partial charge is 0.323 e. The number of aromatic nitrogens is 3. The van der Waals surface area contributed by atoms with Gasteiger partial charge in [0, 0.05) is 20.0 Å². The van der Waals surface area contributed by atoms with Crippen LogP contribution in [0.2, 0.25) is 0 Å². The fraction of sp³-hybridized carbons (Fsp3) is 0.500. The SMILES string of the molecule is Cn1cnnc1CCNC(=O)N(CC(N)=O)CC(=O)O. The largest absolute Gasteiger partial charge is 0.480 e. The summed E-state index contributed by atoms with van der Waals surface area (Å²) in [6.45, 7) is -0.818. The van der Waals surface area contributed by atoms with Crippen LogP contribution in [0.15, 0.2) is 6.33 Å². The summed E-state index contributed by atoms with van der Waals surface area (Å²) in [5.41, 5.74) is 4.96. The molecular weight excluding hydrogens is 268 g/mol. The molecule has 4 N–H and O–H groups in total. The molecule has 0 radical (unpaired) electrons. The number of nitrogens with two attached hydrogens (primary N) is 1. The Morgan fingerprint density at radius 3 is 2.65 bits per heavy atom. The van der Waals surface area contributed by atoms with E-state index in [4.69, 9.17) is 10.8 Å². The van der Waals surface area contributed by atoms with Crippen molar-refractivity contribution in [2.24, 2.45) is 12.8 Å². The van der Waals surface area contributed by atoms with Crippen LogP contribution in [0.5, 0.6) is 0 Å². The first-order valence-corrected chi connectivity index (χ1v) is 5.76. The number of rotatable bonds is 7. The normalized spacial score (nSPS) is 10.1. The fourth-order valence-electron chi connectivity index (χ4n) is 1.48. The van der Waals surface area contributed by atoms with Gasteiger partial charge in [-0.25, -0.2) is 4.79 Å². The van der Waals surface area contributed by atoms with Gasteiger partial charge in [0.1, 0.15) is 25.2 Å². The maximum atomic E-state index is 11.7. The minimum atomic E-state index is -1.23. The molecule has 0 spiro atoms. The number of nitrogens with zero attached hydrogens (tertiary/aromatic N) is 4. The van der Waals surface area contributed by atoms with Crippen LogP contribution in [-0.4, -0.2) is 62.3 Å². The van der Waals surface area contributed by atoms with Crippen molar-refractivity contribution in [2.45, 2.75) is 6.42 Å². The van der Waals surface area contributed by atoms with Gasteiger partial charge in [-0.1, -0.05) is 0 Å². The number of carbonyl (C=O) groups excluding carboxylic acids is 2. The Morgan fingerprint density at radius 1 is 1.45 bits per heavy atom. The first-order valence-electron chi connectivity index (χ1n) is 5.76. The van der Waals surface area contributed by atoms with E-state index in [9.17, 15) is 14.4 Å². The van der Waals surface area contributed by atoms with Gasteiger partial charge >= 0.3 is 12.0 Å². The van der Waals surface area contributed by atoms with Crippen LogP contribution < -0.4 is 11.1 Å². The molecule has 0 aliphatic heterocycles. The molecule has 0 unspecified atom stereocenters. The summed E-state index contributed by atoms with van der Waals surface area (Å²) >= 11 is 0. The number of urea groups is 1. The van der Waals surface area contributed by atoms with E-state index in [1.807, 2.05) is 0 Å². The molecule has 1 rings (SSSR count). The number of primary amides is 1. The van der Waals surface area contributed by atoms with Crippen LogP contribution in [0.1, 0.15) is 5.82 Å². The molecule has 10 heteroatoms. The number of carboxylic acids is 1. The second-order valence-corrected chi connectivity index (χ2v) is 4.06. The molecule has 0 atom stereocenters. The third kappa shape index (κ3) is 4.92. The molecule has 20 heavy (non-hydrogen) atoms. The lowest BCUT2D eigenvalue weighted by molar-refractivity contribution is -0.137. The molecule has 1 aromatic heterocycles. The predicted octanol–water partition coefficient (Wildman–Crippen LogP) is -2.06. The summed E-state index contributed by atoms with van der Waals surface area (Å²) in [5, 5.41) is 18.7. The van der Waals surface area contributed by atoms with Crippen molar-refractivity contribution >= 4 is 17.9 Å². The van der Waals surface area contributed by atoms with Crippen molar-refractivity contribution in [3.63, 3.8) is 0 Å². The van der Waals surface area contributed by atoms with E-state index >= 15 is 0 Å². The molecule has 0 fully saturated rings. The number of aliphatic carboxylic acids is 1. The maximum Gasteiger partial charge on any atom is 0.323 e.